The average Bonchev–Trinajstić information content (AvgIpc) is 2.69. The van der Waals surface area contributed by atoms with Gasteiger partial charge in [0.15, 0.2) is 0 Å². The van der Waals surface area contributed by atoms with E-state index < -0.39 is 49.5 Å². The number of alkyl carbamates (subject to hydrolysis) is 1. The first-order valence-corrected chi connectivity index (χ1v) is 16.4. The summed E-state index contributed by atoms with van der Waals surface area (Å²) in [5.74, 6) is -0.486. The standard InChI is InChI=1S/C26H44N2O10S2/c1-19-10-11-22(28(12-14-35-39(8,31)32)13-15-36-40(9,33)34)17-20(19)16-21(18-23(29)37-25(2,3)4)27-24(30)38-26(5,6)7/h10-11,17,21H,12-16,18H2,1-9H3,(H,27,30)/t21-/m1/s1. The van der Waals surface area contributed by atoms with Gasteiger partial charge in [0.25, 0.3) is 20.2 Å². The van der Waals surface area contributed by atoms with Gasteiger partial charge >= 0.3 is 12.1 Å². The van der Waals surface area contributed by atoms with Gasteiger partial charge in [-0.1, -0.05) is 6.07 Å². The third-order valence-electron chi connectivity index (χ3n) is 5.04. The van der Waals surface area contributed by atoms with Crippen molar-refractivity contribution in [1.82, 2.24) is 5.32 Å². The lowest BCUT2D eigenvalue weighted by Crippen LogP contribution is -2.42. The molecule has 0 aliphatic carbocycles. The number of nitrogens with zero attached hydrogens (tertiary/aromatic N) is 1. The number of anilines is 1. The topological polar surface area (TPSA) is 155 Å². The molecule has 1 N–H and O–H groups in total. The second-order valence-electron chi connectivity index (χ2n) is 11.5. The van der Waals surface area contributed by atoms with Gasteiger partial charge in [0.1, 0.15) is 11.2 Å². The monoisotopic (exact) mass is 608 g/mol. The third kappa shape index (κ3) is 16.6. The van der Waals surface area contributed by atoms with E-state index in [1.54, 1.807) is 52.5 Å². The van der Waals surface area contributed by atoms with E-state index in [0.717, 1.165) is 23.6 Å². The van der Waals surface area contributed by atoms with Crippen LogP contribution in [0.4, 0.5) is 10.5 Å². The molecule has 1 rings (SSSR count). The Hall–Kier alpha value is -2.42. The SMILES string of the molecule is Cc1ccc(N(CCOS(C)(=O)=O)CCOS(C)(=O)=O)cc1C[C@H](CC(=O)OC(C)(C)C)NC(=O)OC(C)(C)C. The first-order chi connectivity index (χ1) is 18.0. The fraction of sp³-hybridized carbons (Fsp3) is 0.692. The molecule has 0 bridgehead atoms. The summed E-state index contributed by atoms with van der Waals surface area (Å²) in [4.78, 5) is 26.9. The smallest absolute Gasteiger partial charge is 0.407 e. The van der Waals surface area contributed by atoms with Crippen molar-refractivity contribution in [2.75, 3.05) is 43.7 Å². The number of nitrogens with one attached hydrogen (secondary N) is 1. The molecule has 1 aromatic carbocycles. The lowest BCUT2D eigenvalue weighted by Gasteiger charge is -2.27. The summed E-state index contributed by atoms with van der Waals surface area (Å²) in [5.41, 5.74) is 0.872. The van der Waals surface area contributed by atoms with Crippen molar-refractivity contribution in [1.29, 1.82) is 0 Å². The molecule has 230 valence electrons. The van der Waals surface area contributed by atoms with Gasteiger partial charge in [-0.2, -0.15) is 16.8 Å². The van der Waals surface area contributed by atoms with Crippen molar-refractivity contribution >= 4 is 38.0 Å². The van der Waals surface area contributed by atoms with Crippen LogP contribution in [0.15, 0.2) is 18.2 Å². The minimum absolute atomic E-state index is 0.103. The van der Waals surface area contributed by atoms with Gasteiger partial charge < -0.3 is 19.7 Å². The van der Waals surface area contributed by atoms with Crippen LogP contribution in [-0.2, 0) is 49.3 Å². The summed E-state index contributed by atoms with van der Waals surface area (Å²) in [5, 5.41) is 2.77. The van der Waals surface area contributed by atoms with Crippen LogP contribution >= 0.6 is 0 Å². The highest BCUT2D eigenvalue weighted by Crippen LogP contribution is 2.22. The molecule has 0 unspecified atom stereocenters. The molecule has 14 heteroatoms. The molecule has 0 aromatic heterocycles. The molecule has 0 aliphatic heterocycles. The Balaban J connectivity index is 3.25. The minimum Gasteiger partial charge on any atom is -0.460 e. The fourth-order valence-electron chi connectivity index (χ4n) is 3.54. The first kappa shape index (κ1) is 35.6. The molecule has 40 heavy (non-hydrogen) atoms. The van der Waals surface area contributed by atoms with Gasteiger partial charge in [0, 0.05) is 24.8 Å². The van der Waals surface area contributed by atoms with Crippen LogP contribution in [0.1, 0.15) is 59.1 Å². The lowest BCUT2D eigenvalue weighted by atomic mass is 9.98. The van der Waals surface area contributed by atoms with Crippen molar-refractivity contribution in [2.45, 2.75) is 78.6 Å². The Bertz CT molecular complexity index is 1150. The summed E-state index contributed by atoms with van der Waals surface area (Å²) in [6.45, 7) is 12.3. The van der Waals surface area contributed by atoms with Crippen molar-refractivity contribution < 1.29 is 44.3 Å². The van der Waals surface area contributed by atoms with Crippen molar-refractivity contribution in [3.8, 4) is 0 Å². The molecule has 0 saturated carbocycles. The van der Waals surface area contributed by atoms with Gasteiger partial charge in [-0.05, 0) is 78.1 Å². The van der Waals surface area contributed by atoms with E-state index in [-0.39, 0.29) is 39.1 Å². The van der Waals surface area contributed by atoms with E-state index >= 15 is 0 Å². The van der Waals surface area contributed by atoms with Gasteiger partial charge in [-0.15, -0.1) is 0 Å². The highest BCUT2D eigenvalue weighted by Gasteiger charge is 2.25. The number of carbonyl (C=O) groups excluding carboxylic acids is 2. The Morgan fingerprint density at radius 1 is 0.875 bits per heavy atom. The van der Waals surface area contributed by atoms with E-state index in [2.05, 4.69) is 5.32 Å². The first-order valence-electron chi connectivity index (χ1n) is 12.8. The second kappa shape index (κ2) is 14.5. The van der Waals surface area contributed by atoms with E-state index in [4.69, 9.17) is 17.8 Å². The van der Waals surface area contributed by atoms with Crippen LogP contribution in [0.25, 0.3) is 0 Å². The molecule has 0 radical (unpaired) electrons. The molecule has 0 fully saturated rings. The van der Waals surface area contributed by atoms with Crippen LogP contribution in [0.3, 0.4) is 0 Å². The third-order valence-corrected chi connectivity index (χ3v) is 6.22. The Labute approximate surface area is 238 Å². The van der Waals surface area contributed by atoms with Crippen molar-refractivity contribution in [3.05, 3.63) is 29.3 Å². The number of ether oxygens (including phenoxy) is 2. The maximum Gasteiger partial charge on any atom is 0.407 e. The lowest BCUT2D eigenvalue weighted by molar-refractivity contribution is -0.155. The number of carbonyl (C=O) groups is 2. The van der Waals surface area contributed by atoms with Crippen LogP contribution in [-0.4, -0.2) is 85.0 Å². The largest absolute Gasteiger partial charge is 0.460 e. The molecule has 1 atom stereocenters. The molecule has 0 saturated heterocycles. The predicted molar refractivity (Wildman–Crippen MR) is 152 cm³/mol. The fourth-order valence-corrected chi connectivity index (χ4v) is 4.30. The van der Waals surface area contributed by atoms with Crippen molar-refractivity contribution in [3.63, 3.8) is 0 Å². The Morgan fingerprint density at radius 3 is 1.82 bits per heavy atom. The summed E-state index contributed by atoms with van der Waals surface area (Å²) < 4.78 is 66.3. The number of aryl methyl sites for hydroxylation is 1. The number of rotatable bonds is 14. The Morgan fingerprint density at radius 2 is 1.38 bits per heavy atom. The normalized spacial score (nSPS) is 13.4. The summed E-state index contributed by atoms with van der Waals surface area (Å²) >= 11 is 0. The van der Waals surface area contributed by atoms with E-state index in [0.29, 0.717) is 5.69 Å². The average molecular weight is 609 g/mol. The van der Waals surface area contributed by atoms with E-state index in [1.807, 2.05) is 19.1 Å². The van der Waals surface area contributed by atoms with Gasteiger partial charge in [0.2, 0.25) is 0 Å². The number of hydrogen-bond donors (Lipinski definition) is 1. The molecule has 1 aromatic rings. The molecular weight excluding hydrogens is 564 g/mol. The van der Waals surface area contributed by atoms with Crippen LogP contribution in [0.5, 0.6) is 0 Å². The zero-order chi connectivity index (χ0) is 30.9. The number of benzene rings is 1. The van der Waals surface area contributed by atoms with Crippen LogP contribution in [0.2, 0.25) is 0 Å². The van der Waals surface area contributed by atoms with Gasteiger partial charge in [-0.3, -0.25) is 13.2 Å². The van der Waals surface area contributed by atoms with Gasteiger partial charge in [0.05, 0.1) is 32.1 Å². The summed E-state index contributed by atoms with van der Waals surface area (Å²) in [6, 6.07) is 4.80. The molecule has 0 heterocycles. The quantitative estimate of drug-likeness (QED) is 0.245. The highest BCUT2D eigenvalue weighted by atomic mass is 32.2. The second-order valence-corrected chi connectivity index (χ2v) is 14.8. The highest BCUT2D eigenvalue weighted by molar-refractivity contribution is 7.86. The van der Waals surface area contributed by atoms with Crippen LogP contribution < -0.4 is 10.2 Å². The zero-order valence-corrected chi connectivity index (χ0v) is 26.5. The summed E-state index contributed by atoms with van der Waals surface area (Å²) in [7, 11) is -7.35. The predicted octanol–water partition coefficient (Wildman–Crippen LogP) is 2.92. The number of esters is 1. The molecule has 0 aliphatic rings. The maximum atomic E-state index is 12.6. The molecule has 0 spiro atoms. The van der Waals surface area contributed by atoms with Gasteiger partial charge in [-0.25, -0.2) is 4.79 Å². The minimum atomic E-state index is -3.68. The Kier molecular flexibility index (Phi) is 12.9. The molecular formula is C26H44N2O10S2. The van der Waals surface area contributed by atoms with Crippen LogP contribution in [0, 0.1) is 6.92 Å². The summed E-state index contributed by atoms with van der Waals surface area (Å²) in [6.07, 6.45) is 1.36. The van der Waals surface area contributed by atoms with Crippen molar-refractivity contribution in [2.24, 2.45) is 0 Å². The van der Waals surface area contributed by atoms with E-state index in [1.165, 1.54) is 0 Å². The maximum absolute atomic E-state index is 12.6. The molecule has 12 nitrogen and oxygen atoms in total. The van der Waals surface area contributed by atoms with E-state index in [9.17, 15) is 26.4 Å². The number of amides is 1. The zero-order valence-electron chi connectivity index (χ0n) is 24.9. The molecule has 1 amide bonds. The number of hydrogen-bond acceptors (Lipinski definition) is 11.